The minimum Gasteiger partial charge on any atom is -0.225 e. The van der Waals surface area contributed by atoms with E-state index in [0.717, 1.165) is 38.5 Å². The molecular weight excluding hydrogens is 733 g/mol. The molecule has 0 aliphatic carbocycles. The molecule has 0 spiro atoms. The van der Waals surface area contributed by atoms with Crippen molar-refractivity contribution < 1.29 is 13.7 Å². The van der Waals surface area contributed by atoms with Gasteiger partial charge in [-0.1, -0.05) is 54.4 Å². The van der Waals surface area contributed by atoms with Gasteiger partial charge in [-0.3, -0.25) is 0 Å². The van der Waals surface area contributed by atoms with E-state index in [1.54, 1.807) is 0 Å². The smallest absolute Gasteiger partial charge is 0.225 e. The molecule has 6 heteroatoms. The summed E-state index contributed by atoms with van der Waals surface area (Å²) in [5.41, 5.74) is 7.63. The van der Waals surface area contributed by atoms with Gasteiger partial charge >= 0.3 is 0 Å². The Morgan fingerprint density at radius 2 is 0.650 bits per heavy atom. The number of unbranched alkanes of at least 4 members (excludes halogenated alkanes) is 2. The van der Waals surface area contributed by atoms with Gasteiger partial charge in [-0.15, -0.1) is 0 Å². The number of benzene rings is 4. The Morgan fingerprint density at radius 3 is 0.917 bits per heavy atom. The highest BCUT2D eigenvalue weighted by atomic mass is 15.2. The van der Waals surface area contributed by atoms with Crippen molar-refractivity contribution in [1.82, 2.24) is 13.7 Å². The summed E-state index contributed by atoms with van der Waals surface area (Å²) >= 11 is 0. The van der Waals surface area contributed by atoms with Crippen LogP contribution in [0.1, 0.15) is 182 Å². The number of nitrogens with zero attached hydrogens (tertiary/aromatic N) is 6. The molecule has 3 aromatic heterocycles. The Labute approximate surface area is 362 Å². The summed E-state index contributed by atoms with van der Waals surface area (Å²) in [7, 11) is 0. The molecular formula is C54H81N6+3. The number of fused-ring (bicyclic) bond motifs is 9. The Morgan fingerprint density at radius 1 is 0.367 bits per heavy atom. The van der Waals surface area contributed by atoms with Crippen LogP contribution >= 0.6 is 0 Å². The Balaban J connectivity index is 1.77. The van der Waals surface area contributed by atoms with E-state index in [1.807, 2.05) is 0 Å². The second-order valence-corrected chi connectivity index (χ2v) is 22.3. The molecule has 4 aromatic carbocycles. The average molecular weight is 814 g/mol. The quantitative estimate of drug-likeness (QED) is 0.0560. The molecule has 0 bridgehead atoms. The third-order valence-electron chi connectivity index (χ3n) is 16.1. The van der Waals surface area contributed by atoms with Crippen LogP contribution in [0.3, 0.4) is 0 Å². The van der Waals surface area contributed by atoms with Crippen LogP contribution in [0.5, 0.6) is 0 Å². The maximum atomic E-state index is 2.64. The molecule has 0 amide bonds. The zero-order chi connectivity index (χ0) is 44.1. The molecule has 0 N–H and O–H groups in total. The molecule has 6 nitrogen and oxygen atoms in total. The molecule has 7 aromatic rings. The van der Waals surface area contributed by atoms with E-state index >= 15 is 0 Å². The van der Waals surface area contributed by atoms with E-state index in [0.29, 0.717) is 0 Å². The SMILES string of the molecule is CCCCCC(C)(C)n1c[n+](C(C)(C)CC)c2cc3c4cc5c(cc4c4cc6c(cc4c3cc21)[n+](C(C)(C)CC)cn6C(C)(C)CC)[n+](C(C)(C)CC)cn5C(C)(C)CC. The highest BCUT2D eigenvalue weighted by molar-refractivity contribution is 6.29. The van der Waals surface area contributed by atoms with Gasteiger partial charge in [-0.25, -0.2) is 27.4 Å². The third kappa shape index (κ3) is 6.85. The number of imidazole rings is 3. The summed E-state index contributed by atoms with van der Waals surface area (Å²) in [5.74, 6) is 0. The lowest BCUT2D eigenvalue weighted by atomic mass is 9.91. The first-order valence-corrected chi connectivity index (χ1v) is 23.8. The molecule has 0 aliphatic rings. The van der Waals surface area contributed by atoms with Crippen LogP contribution in [-0.4, -0.2) is 13.7 Å². The van der Waals surface area contributed by atoms with Crippen LogP contribution < -0.4 is 13.7 Å². The number of hydrogen-bond acceptors (Lipinski definition) is 0. The fourth-order valence-corrected chi connectivity index (χ4v) is 9.62. The minimum atomic E-state index is -0.0495. The summed E-state index contributed by atoms with van der Waals surface area (Å²) in [4.78, 5) is 0. The van der Waals surface area contributed by atoms with Crippen LogP contribution in [0.25, 0.3) is 65.4 Å². The number of rotatable bonds is 15. The lowest BCUT2D eigenvalue weighted by Gasteiger charge is -2.23. The summed E-state index contributed by atoms with van der Waals surface area (Å²) in [6, 6.07) is 15.4. The normalized spacial score (nSPS) is 14.1. The van der Waals surface area contributed by atoms with Crippen LogP contribution in [0.2, 0.25) is 0 Å². The molecule has 3 heterocycles. The van der Waals surface area contributed by atoms with E-state index in [9.17, 15) is 0 Å². The molecule has 0 saturated heterocycles. The highest BCUT2D eigenvalue weighted by Crippen LogP contribution is 2.43. The van der Waals surface area contributed by atoms with Crippen molar-refractivity contribution in [3.05, 3.63) is 55.4 Å². The van der Waals surface area contributed by atoms with Crippen LogP contribution in [0.4, 0.5) is 0 Å². The fraction of sp³-hybridized carbons (Fsp3) is 0.611. The van der Waals surface area contributed by atoms with Crippen molar-refractivity contribution in [3.63, 3.8) is 0 Å². The van der Waals surface area contributed by atoms with Gasteiger partial charge in [0, 0.05) is 0 Å². The van der Waals surface area contributed by atoms with Gasteiger partial charge in [0.15, 0.2) is 33.1 Å². The maximum Gasteiger partial charge on any atom is 0.245 e. The third-order valence-corrected chi connectivity index (χ3v) is 16.1. The lowest BCUT2D eigenvalue weighted by Crippen LogP contribution is -2.51. The van der Waals surface area contributed by atoms with E-state index < -0.39 is 0 Å². The topological polar surface area (TPSA) is 26.4 Å². The van der Waals surface area contributed by atoms with Gasteiger partial charge in [0.05, 0.1) is 0 Å². The highest BCUT2D eigenvalue weighted by Gasteiger charge is 2.39. The molecule has 0 aliphatic heterocycles. The summed E-state index contributed by atoms with van der Waals surface area (Å²) in [6.07, 6.45) is 17.4. The Kier molecular flexibility index (Phi) is 10.9. The van der Waals surface area contributed by atoms with Gasteiger partial charge < -0.3 is 0 Å². The zero-order valence-electron chi connectivity index (χ0n) is 41.2. The summed E-state index contributed by atoms with van der Waals surface area (Å²) < 4.78 is 15.6. The number of aromatic nitrogens is 6. The first kappa shape index (κ1) is 44.1. The van der Waals surface area contributed by atoms with Crippen molar-refractivity contribution in [2.24, 2.45) is 0 Å². The Hall–Kier alpha value is -3.93. The molecule has 0 saturated carbocycles. The monoisotopic (exact) mass is 814 g/mol. The van der Waals surface area contributed by atoms with Crippen LogP contribution in [0, 0.1) is 0 Å². The summed E-state index contributed by atoms with van der Waals surface area (Å²) in [5, 5.41) is 8.03. The minimum absolute atomic E-state index is 0.0361. The standard InChI is InChI=1S/C54H81N6/c1-19-25-26-27-54(17,18)60-36-59(53(15,16)24-6)47-32-41-39-30-45-43(55(49(7,8)20-2)34-57(45)51(11,12)22-4)28-37(39)38-29-44-46(31-40(38)42(41)33-48(47)60)58(52(13,14)23-5)35-56(44)50(9,10)21-3/h28-36H,19-27H2,1-18H3/q+3. The largest absolute Gasteiger partial charge is 0.245 e. The predicted octanol–water partition coefficient (Wildman–Crippen LogP) is 13.9. The fourth-order valence-electron chi connectivity index (χ4n) is 9.62. The van der Waals surface area contributed by atoms with E-state index in [1.165, 1.54) is 84.7 Å². The van der Waals surface area contributed by atoms with Crippen molar-refractivity contribution in [1.29, 1.82) is 0 Å². The molecule has 0 radical (unpaired) electrons. The van der Waals surface area contributed by atoms with Gasteiger partial charge in [0.1, 0.15) is 33.2 Å². The molecule has 0 atom stereocenters. The molecule has 324 valence electrons. The van der Waals surface area contributed by atoms with Gasteiger partial charge in [-0.2, -0.15) is 0 Å². The van der Waals surface area contributed by atoms with E-state index in [2.05, 4.69) is 207 Å². The van der Waals surface area contributed by atoms with Crippen molar-refractivity contribution >= 4 is 65.4 Å². The molecule has 0 unspecified atom stereocenters. The van der Waals surface area contributed by atoms with Crippen LogP contribution in [0.15, 0.2) is 55.4 Å². The van der Waals surface area contributed by atoms with E-state index in [4.69, 9.17) is 0 Å². The molecule has 7 rings (SSSR count). The number of hydrogen-bond donors (Lipinski definition) is 0. The van der Waals surface area contributed by atoms with Crippen molar-refractivity contribution in [2.45, 2.75) is 216 Å². The summed E-state index contributed by atoms with van der Waals surface area (Å²) in [6.45, 7) is 42.9. The Bertz CT molecular complexity index is 2700. The lowest BCUT2D eigenvalue weighted by molar-refractivity contribution is -0.736. The van der Waals surface area contributed by atoms with Crippen molar-refractivity contribution in [2.75, 3.05) is 0 Å². The van der Waals surface area contributed by atoms with E-state index in [-0.39, 0.29) is 33.2 Å². The van der Waals surface area contributed by atoms with Crippen molar-refractivity contribution in [3.8, 4) is 0 Å². The second kappa shape index (κ2) is 14.9. The predicted molar refractivity (Wildman–Crippen MR) is 258 cm³/mol. The molecule has 60 heavy (non-hydrogen) atoms. The second-order valence-electron chi connectivity index (χ2n) is 22.3. The van der Waals surface area contributed by atoms with Gasteiger partial charge in [0.25, 0.3) is 0 Å². The zero-order valence-corrected chi connectivity index (χ0v) is 41.2. The maximum absolute atomic E-state index is 2.64. The average Bonchev–Trinajstić information content (AvgIpc) is 3.92. The first-order valence-electron chi connectivity index (χ1n) is 23.8. The van der Waals surface area contributed by atoms with Gasteiger partial charge in [-0.05, 0) is 197 Å². The first-order chi connectivity index (χ1) is 27.9. The molecule has 0 fully saturated rings. The van der Waals surface area contributed by atoms with Crippen LogP contribution in [-0.2, 0) is 33.2 Å². The van der Waals surface area contributed by atoms with Gasteiger partial charge in [0.2, 0.25) is 19.0 Å².